The summed E-state index contributed by atoms with van der Waals surface area (Å²) in [6.45, 7) is 31.1. The summed E-state index contributed by atoms with van der Waals surface area (Å²) in [7, 11) is 3.88. The average molecular weight is 1470 g/mol. The Morgan fingerprint density at radius 2 is 0.712 bits per heavy atom. The molecule has 0 saturated carbocycles. The molecule has 556 valence electrons. The van der Waals surface area contributed by atoms with Crippen molar-refractivity contribution in [3.05, 3.63) is 132 Å². The first-order valence-electron chi connectivity index (χ1n) is 35.2. The molecule has 1 amide bonds. The Kier molecular flexibility index (Phi) is 50.6. The molecule has 3 N–H and O–H groups in total. The number of Topliss-reactive ketones (excluding diaryl/α,β-unsaturated/α-hetero) is 2. The van der Waals surface area contributed by atoms with Gasteiger partial charge in [-0.05, 0) is 259 Å². The van der Waals surface area contributed by atoms with Gasteiger partial charge in [-0.25, -0.2) is 0 Å². The van der Waals surface area contributed by atoms with Gasteiger partial charge in [0, 0.05) is 191 Å². The summed E-state index contributed by atoms with van der Waals surface area (Å²) in [6, 6.07) is 22.2. The standard InChI is InChI=1S/C40H6.C20H32N4O2.C18H28N4O.C17H26N4O/c1-3-5-7-9-11-13-15-17-19-21-23-25-27-29-31-33-35-37-39-40-38-36-34-32-30-28-26-24-22-20-18-16-14-12-10-8-6-4-2;1-6-19(2,3)13-15-26-17-10-8-16(9-11-17)18(25)22-14-7-12-20(4,5)23-24-21;1-17(2,20-5)12-6-7-16(23)15-10-8-14(9-11-15)13-18(3,4)21-22-19;1-16(2,19-5)12-6-7-15(22)13-8-10-14(11-9-13)17(3,4)20-21-18/h1-2H3;8-11H,6-7,12-15H2,1-5H3,(H,22,25);8-11,20H,6-7,12-13H2,1-5H3;8-11,19H,6-7,12H2,1-5H3. The van der Waals surface area contributed by atoms with Crippen LogP contribution < -0.4 is 20.7 Å². The summed E-state index contributed by atoms with van der Waals surface area (Å²) < 4.78 is 5.77. The number of hydrogen-bond acceptors (Lipinski definition) is 9. The molecule has 0 atom stereocenters. The van der Waals surface area contributed by atoms with Gasteiger partial charge in [0.15, 0.2) is 11.6 Å². The lowest BCUT2D eigenvalue weighted by Crippen LogP contribution is -2.35. The van der Waals surface area contributed by atoms with Crippen LogP contribution in [0.5, 0.6) is 5.75 Å². The molecule has 16 heteroatoms. The second-order valence-corrected chi connectivity index (χ2v) is 27.0. The van der Waals surface area contributed by atoms with E-state index >= 15 is 0 Å². The molecule has 0 fully saturated rings. The third-order valence-corrected chi connectivity index (χ3v) is 15.3. The number of carbonyl (C=O) groups excluding carboxylic acids is 3. The largest absolute Gasteiger partial charge is 0.494 e. The van der Waals surface area contributed by atoms with Crippen molar-refractivity contribution < 1.29 is 19.1 Å². The van der Waals surface area contributed by atoms with E-state index in [0.717, 1.165) is 73.8 Å². The molecule has 3 rings (SSSR count). The molecule has 0 aliphatic heterocycles. The van der Waals surface area contributed by atoms with E-state index in [1.165, 1.54) is 0 Å². The maximum atomic E-state index is 12.2. The lowest BCUT2D eigenvalue weighted by Gasteiger charge is -2.23. The summed E-state index contributed by atoms with van der Waals surface area (Å²) in [6.07, 6.45) is 9.01. The van der Waals surface area contributed by atoms with Crippen LogP contribution in [0.2, 0.25) is 0 Å². The zero-order chi connectivity index (χ0) is 82.8. The van der Waals surface area contributed by atoms with E-state index in [4.69, 9.17) is 21.3 Å². The molecule has 0 aliphatic rings. The second kappa shape index (κ2) is 58.0. The van der Waals surface area contributed by atoms with Gasteiger partial charge in [0.2, 0.25) is 0 Å². The highest BCUT2D eigenvalue weighted by Crippen LogP contribution is 2.27. The Morgan fingerprint density at radius 3 is 1.03 bits per heavy atom. The van der Waals surface area contributed by atoms with Crippen LogP contribution in [0.15, 0.2) is 88.1 Å². The van der Waals surface area contributed by atoms with Gasteiger partial charge < -0.3 is 20.7 Å². The molecule has 3 aromatic rings. The minimum atomic E-state index is -0.604. The van der Waals surface area contributed by atoms with Crippen LogP contribution in [0.3, 0.4) is 0 Å². The highest BCUT2D eigenvalue weighted by molar-refractivity contribution is 5.96. The number of carbonyl (C=O) groups is 3. The Bertz CT molecular complexity index is 5020. The second-order valence-electron chi connectivity index (χ2n) is 27.0. The first kappa shape index (κ1) is 96.8. The average Bonchev–Trinajstić information content (AvgIpc) is 0.835. The Morgan fingerprint density at radius 1 is 0.396 bits per heavy atom. The Balaban J connectivity index is 0.00000150. The third kappa shape index (κ3) is 53.2. The lowest BCUT2D eigenvalue weighted by molar-refractivity contribution is 0.0948. The van der Waals surface area contributed by atoms with Crippen molar-refractivity contribution in [3.8, 4) is 231 Å². The molecule has 0 radical (unpaired) electrons. The number of nitrogens with zero attached hydrogens (tertiary/aromatic N) is 9. The van der Waals surface area contributed by atoms with Gasteiger partial charge >= 0.3 is 0 Å². The minimum Gasteiger partial charge on any atom is -0.494 e. The van der Waals surface area contributed by atoms with Gasteiger partial charge in [0.25, 0.3) is 5.91 Å². The Labute approximate surface area is 661 Å². The van der Waals surface area contributed by atoms with Crippen molar-refractivity contribution in [2.45, 2.75) is 202 Å². The van der Waals surface area contributed by atoms with Crippen molar-refractivity contribution in [2.75, 3.05) is 27.2 Å². The van der Waals surface area contributed by atoms with E-state index in [1.807, 2.05) is 116 Å². The van der Waals surface area contributed by atoms with Crippen molar-refractivity contribution >= 4 is 17.5 Å². The molecule has 16 nitrogen and oxygen atoms in total. The van der Waals surface area contributed by atoms with E-state index in [0.29, 0.717) is 43.5 Å². The maximum Gasteiger partial charge on any atom is 0.251 e. The number of rotatable bonds is 28. The maximum absolute atomic E-state index is 12.2. The molecular formula is C95H92N12O4. The molecule has 0 spiro atoms. The quantitative estimate of drug-likeness (QED) is 0.0159. The molecule has 0 heterocycles. The summed E-state index contributed by atoms with van der Waals surface area (Å²) in [5.74, 6) is 96.6. The van der Waals surface area contributed by atoms with Crippen molar-refractivity contribution in [2.24, 2.45) is 20.8 Å². The van der Waals surface area contributed by atoms with Gasteiger partial charge in [0.1, 0.15) is 5.75 Å². The first-order chi connectivity index (χ1) is 53.0. The number of ketones is 2. The predicted molar refractivity (Wildman–Crippen MR) is 449 cm³/mol. The number of benzene rings is 3. The summed E-state index contributed by atoms with van der Waals surface area (Å²) in [4.78, 5) is 45.2. The van der Waals surface area contributed by atoms with Gasteiger partial charge in [-0.1, -0.05) is 144 Å². The molecule has 3 aromatic carbocycles. The van der Waals surface area contributed by atoms with Crippen LogP contribution >= 0.6 is 0 Å². The lowest BCUT2D eigenvalue weighted by atomic mass is 9.87. The topological polar surface area (TPSA) is 243 Å². The van der Waals surface area contributed by atoms with Gasteiger partial charge in [-0.15, -0.1) is 0 Å². The number of amides is 1. The fourth-order valence-electron chi connectivity index (χ4n) is 8.13. The summed E-state index contributed by atoms with van der Waals surface area (Å²) in [5, 5.41) is 20.7. The fourth-order valence-corrected chi connectivity index (χ4v) is 8.13. The zero-order valence-electron chi connectivity index (χ0n) is 66.8. The van der Waals surface area contributed by atoms with Crippen molar-refractivity contribution in [3.63, 3.8) is 0 Å². The van der Waals surface area contributed by atoms with Crippen molar-refractivity contribution in [1.29, 1.82) is 0 Å². The Hall–Kier alpha value is -14.2. The molecule has 0 saturated heterocycles. The summed E-state index contributed by atoms with van der Waals surface area (Å²) in [5.41, 5.74) is 28.6. The molecule has 0 aliphatic carbocycles. The molecule has 0 unspecified atom stereocenters. The number of ether oxygens (including phenoxy) is 1. The van der Waals surface area contributed by atoms with Gasteiger partial charge in [0.05, 0.1) is 12.1 Å². The fraction of sp³-hybridized carbons (Fsp3) is 0.379. The van der Waals surface area contributed by atoms with E-state index in [9.17, 15) is 14.4 Å². The number of azide groups is 3. The van der Waals surface area contributed by atoms with Crippen LogP contribution in [-0.4, -0.2) is 66.9 Å². The van der Waals surface area contributed by atoms with E-state index in [1.54, 1.807) is 26.0 Å². The van der Waals surface area contributed by atoms with Crippen LogP contribution in [0.25, 0.3) is 31.3 Å². The van der Waals surface area contributed by atoms with Crippen LogP contribution in [0, 0.1) is 230 Å². The molecule has 111 heavy (non-hydrogen) atoms. The van der Waals surface area contributed by atoms with Crippen LogP contribution in [0.4, 0.5) is 0 Å². The zero-order valence-corrected chi connectivity index (χ0v) is 66.8. The molecular weight excluding hydrogens is 1370 g/mol. The van der Waals surface area contributed by atoms with Crippen LogP contribution in [0.1, 0.15) is 210 Å². The predicted octanol–water partition coefficient (Wildman–Crippen LogP) is 15.8. The van der Waals surface area contributed by atoms with Gasteiger partial charge in [-0.3, -0.25) is 14.4 Å². The van der Waals surface area contributed by atoms with Gasteiger partial charge in [-0.2, -0.15) is 0 Å². The highest BCUT2D eigenvalue weighted by atomic mass is 16.5. The van der Waals surface area contributed by atoms with E-state index in [-0.39, 0.29) is 34.0 Å². The van der Waals surface area contributed by atoms with E-state index < -0.39 is 16.6 Å². The van der Waals surface area contributed by atoms with Crippen molar-refractivity contribution in [1.82, 2.24) is 16.0 Å². The number of nitrogens with one attached hydrogen (secondary N) is 3. The smallest absolute Gasteiger partial charge is 0.251 e. The van der Waals surface area contributed by atoms with E-state index in [2.05, 4.69) is 319 Å². The SMILES string of the molecule is CC#CC#CC#CC#CC#CC#CC#CC#CC#CC#CC#CC#CC#CC#CC#CC#CC#CC#CC#CC.CCC(C)(C)CCOc1ccc(C(=O)NCCCC(C)(C)N=[N+]=[N-])cc1.CNC(C)(C)CCCC(=O)c1ccc(C(C)(C)N=[N+]=[N-])cc1.CNC(C)(C)CCCC(=O)c1ccc(CC(C)(C)N=[N+]=[N-])cc1. The summed E-state index contributed by atoms with van der Waals surface area (Å²) >= 11 is 0. The van der Waals surface area contributed by atoms with Crippen LogP contribution in [-0.2, 0) is 12.0 Å². The minimum absolute atomic E-state index is 0.0590. The monoisotopic (exact) mass is 1460 g/mol. The highest BCUT2D eigenvalue weighted by Gasteiger charge is 2.22. The normalized spacial score (nSPS) is 8.95. The number of hydrogen-bond donors (Lipinski definition) is 3. The molecule has 0 aromatic heterocycles. The first-order valence-corrected chi connectivity index (χ1v) is 35.2. The third-order valence-electron chi connectivity index (χ3n) is 15.3. The molecule has 0 bridgehead atoms.